The van der Waals surface area contributed by atoms with Gasteiger partial charge >= 0.3 is 0 Å². The maximum atomic E-state index is 12.5. The molecule has 2 aromatic rings. The van der Waals surface area contributed by atoms with Gasteiger partial charge in [-0.1, -0.05) is 25.7 Å². The molecule has 1 heterocycles. The van der Waals surface area contributed by atoms with Gasteiger partial charge in [0.15, 0.2) is 0 Å². The molecule has 0 radical (unpaired) electrons. The highest BCUT2D eigenvalue weighted by molar-refractivity contribution is 5.94. The van der Waals surface area contributed by atoms with Crippen LogP contribution >= 0.6 is 0 Å². The SMILES string of the molecule is O=C(N[C@@H]1CC[C@H]2CCCC[C@H]2C1)c1ccc(-n2cncn2)cc1. The molecule has 1 aromatic heterocycles. The van der Waals surface area contributed by atoms with Crippen molar-refractivity contribution in [1.29, 1.82) is 0 Å². The summed E-state index contributed by atoms with van der Waals surface area (Å²) in [4.78, 5) is 16.5. The lowest BCUT2D eigenvalue weighted by atomic mass is 9.69. The first-order chi connectivity index (χ1) is 11.8. The van der Waals surface area contributed by atoms with Crippen LogP contribution in [0, 0.1) is 11.8 Å². The molecule has 1 N–H and O–H groups in total. The molecule has 4 rings (SSSR count). The van der Waals surface area contributed by atoms with E-state index in [0.717, 1.165) is 30.4 Å². The van der Waals surface area contributed by atoms with Gasteiger partial charge in [-0.15, -0.1) is 0 Å². The highest BCUT2D eigenvalue weighted by Crippen LogP contribution is 2.40. The minimum Gasteiger partial charge on any atom is -0.349 e. The molecule has 0 unspecified atom stereocenters. The molecule has 0 spiro atoms. The Morgan fingerprint density at radius 1 is 1.04 bits per heavy atom. The zero-order chi connectivity index (χ0) is 16.4. The van der Waals surface area contributed by atoms with Crippen LogP contribution in [0.5, 0.6) is 0 Å². The quantitative estimate of drug-likeness (QED) is 0.942. The molecule has 2 fully saturated rings. The van der Waals surface area contributed by atoms with Crippen LogP contribution in [0.2, 0.25) is 0 Å². The van der Waals surface area contributed by atoms with Crippen LogP contribution in [0.3, 0.4) is 0 Å². The molecule has 3 atom stereocenters. The Morgan fingerprint density at radius 3 is 2.58 bits per heavy atom. The van der Waals surface area contributed by atoms with E-state index >= 15 is 0 Å². The molecule has 5 heteroatoms. The lowest BCUT2D eigenvalue weighted by Crippen LogP contribution is -2.41. The van der Waals surface area contributed by atoms with Crippen molar-refractivity contribution < 1.29 is 4.79 Å². The summed E-state index contributed by atoms with van der Waals surface area (Å²) in [5.74, 6) is 1.78. The Bertz CT molecular complexity index is 680. The molecular weight excluding hydrogens is 300 g/mol. The van der Waals surface area contributed by atoms with Gasteiger partial charge in [0, 0.05) is 11.6 Å². The standard InChI is InChI=1S/C19H24N4O/c24-19(15-6-9-18(10-7-15)23-13-20-12-21-23)22-17-8-5-14-3-1-2-4-16(14)11-17/h6-7,9-10,12-14,16-17H,1-5,8,11H2,(H,22,24)/t14-,16+,17-/m1/s1. The number of amides is 1. The number of nitrogens with zero attached hydrogens (tertiary/aromatic N) is 3. The number of hydrogen-bond acceptors (Lipinski definition) is 3. The average molecular weight is 324 g/mol. The van der Waals surface area contributed by atoms with Crippen LogP contribution in [0.4, 0.5) is 0 Å². The van der Waals surface area contributed by atoms with Crippen LogP contribution in [0.1, 0.15) is 55.3 Å². The van der Waals surface area contributed by atoms with Crippen molar-refractivity contribution in [3.05, 3.63) is 42.5 Å². The van der Waals surface area contributed by atoms with Gasteiger partial charge in [0.25, 0.3) is 5.91 Å². The fraction of sp³-hybridized carbons (Fsp3) is 0.526. The van der Waals surface area contributed by atoms with E-state index in [9.17, 15) is 4.79 Å². The predicted molar refractivity (Wildman–Crippen MR) is 91.9 cm³/mol. The minimum absolute atomic E-state index is 0.0411. The van der Waals surface area contributed by atoms with Gasteiger partial charge in [0.05, 0.1) is 5.69 Å². The number of benzene rings is 1. The summed E-state index contributed by atoms with van der Waals surface area (Å²) in [6.07, 6.45) is 12.2. The molecule has 2 aliphatic rings. The van der Waals surface area contributed by atoms with E-state index in [0.29, 0.717) is 11.6 Å². The zero-order valence-corrected chi connectivity index (χ0v) is 13.9. The van der Waals surface area contributed by atoms with Gasteiger partial charge in [-0.2, -0.15) is 5.10 Å². The summed E-state index contributed by atoms with van der Waals surface area (Å²) in [5, 5.41) is 7.35. The minimum atomic E-state index is 0.0411. The van der Waals surface area contributed by atoms with Crippen LogP contribution in [-0.2, 0) is 0 Å². The fourth-order valence-electron chi connectivity index (χ4n) is 4.38. The van der Waals surface area contributed by atoms with Crippen molar-refractivity contribution in [2.75, 3.05) is 0 Å². The van der Waals surface area contributed by atoms with Crippen LogP contribution in [0.15, 0.2) is 36.9 Å². The molecule has 0 bridgehead atoms. The maximum absolute atomic E-state index is 12.5. The van der Waals surface area contributed by atoms with Gasteiger partial charge in [-0.05, 0) is 55.4 Å². The second-order valence-corrected chi connectivity index (χ2v) is 7.17. The molecule has 2 aliphatic carbocycles. The Balaban J connectivity index is 1.37. The number of aromatic nitrogens is 3. The van der Waals surface area contributed by atoms with Crippen molar-refractivity contribution in [2.45, 2.75) is 51.0 Å². The highest BCUT2D eigenvalue weighted by Gasteiger charge is 2.32. The fourth-order valence-corrected chi connectivity index (χ4v) is 4.38. The van der Waals surface area contributed by atoms with Crippen LogP contribution in [-0.4, -0.2) is 26.7 Å². The zero-order valence-electron chi connectivity index (χ0n) is 13.9. The summed E-state index contributed by atoms with van der Waals surface area (Å²) in [6, 6.07) is 7.87. The van der Waals surface area contributed by atoms with E-state index < -0.39 is 0 Å². The van der Waals surface area contributed by atoms with E-state index in [1.165, 1.54) is 38.4 Å². The third kappa shape index (κ3) is 3.21. The van der Waals surface area contributed by atoms with E-state index in [1.807, 2.05) is 24.3 Å². The first kappa shape index (κ1) is 15.4. The normalized spacial score (nSPS) is 26.6. The molecule has 24 heavy (non-hydrogen) atoms. The van der Waals surface area contributed by atoms with E-state index in [4.69, 9.17) is 0 Å². The van der Waals surface area contributed by atoms with E-state index in [1.54, 1.807) is 11.0 Å². The molecule has 5 nitrogen and oxygen atoms in total. The molecule has 1 amide bonds. The molecule has 126 valence electrons. The summed E-state index contributed by atoms with van der Waals surface area (Å²) < 4.78 is 1.69. The Kier molecular flexibility index (Phi) is 4.32. The number of rotatable bonds is 3. The first-order valence-corrected chi connectivity index (χ1v) is 9.05. The first-order valence-electron chi connectivity index (χ1n) is 9.05. The van der Waals surface area contributed by atoms with Gasteiger partial charge in [0.1, 0.15) is 12.7 Å². The second-order valence-electron chi connectivity index (χ2n) is 7.17. The van der Waals surface area contributed by atoms with Crippen LogP contribution < -0.4 is 5.32 Å². The van der Waals surface area contributed by atoms with Gasteiger partial charge in [-0.3, -0.25) is 4.79 Å². The maximum Gasteiger partial charge on any atom is 0.251 e. The Morgan fingerprint density at radius 2 is 1.83 bits per heavy atom. The average Bonchev–Trinajstić information content (AvgIpc) is 3.16. The van der Waals surface area contributed by atoms with Crippen molar-refractivity contribution in [1.82, 2.24) is 20.1 Å². The largest absolute Gasteiger partial charge is 0.349 e. The Labute approximate surface area is 142 Å². The molecule has 2 saturated carbocycles. The predicted octanol–water partition coefficient (Wildman–Crippen LogP) is 3.36. The van der Waals surface area contributed by atoms with Crippen molar-refractivity contribution in [3.63, 3.8) is 0 Å². The number of carbonyl (C=O) groups excluding carboxylic acids is 1. The number of carbonyl (C=O) groups is 1. The number of nitrogens with one attached hydrogen (secondary N) is 1. The second kappa shape index (κ2) is 6.75. The van der Waals surface area contributed by atoms with Crippen molar-refractivity contribution in [2.24, 2.45) is 11.8 Å². The smallest absolute Gasteiger partial charge is 0.251 e. The molecule has 0 aliphatic heterocycles. The topological polar surface area (TPSA) is 59.8 Å². The van der Waals surface area contributed by atoms with Gasteiger partial charge in [0.2, 0.25) is 0 Å². The van der Waals surface area contributed by atoms with Crippen LogP contribution in [0.25, 0.3) is 5.69 Å². The number of hydrogen-bond donors (Lipinski definition) is 1. The third-order valence-electron chi connectivity index (χ3n) is 5.69. The van der Waals surface area contributed by atoms with Gasteiger partial charge < -0.3 is 5.32 Å². The summed E-state index contributed by atoms with van der Waals surface area (Å²) in [6.45, 7) is 0. The van der Waals surface area contributed by atoms with E-state index in [2.05, 4.69) is 15.4 Å². The van der Waals surface area contributed by atoms with Crippen molar-refractivity contribution >= 4 is 5.91 Å². The summed E-state index contributed by atoms with van der Waals surface area (Å²) in [7, 11) is 0. The lowest BCUT2D eigenvalue weighted by molar-refractivity contribution is 0.0879. The molecule has 1 aromatic carbocycles. The summed E-state index contributed by atoms with van der Waals surface area (Å²) >= 11 is 0. The monoisotopic (exact) mass is 324 g/mol. The highest BCUT2D eigenvalue weighted by atomic mass is 16.1. The third-order valence-corrected chi connectivity index (χ3v) is 5.69. The van der Waals surface area contributed by atoms with Gasteiger partial charge in [-0.25, -0.2) is 9.67 Å². The lowest BCUT2D eigenvalue weighted by Gasteiger charge is -2.39. The summed E-state index contributed by atoms with van der Waals surface area (Å²) in [5.41, 5.74) is 1.62. The molecule has 0 saturated heterocycles. The van der Waals surface area contributed by atoms with Crippen molar-refractivity contribution in [3.8, 4) is 5.69 Å². The Hall–Kier alpha value is -2.17. The van der Waals surface area contributed by atoms with E-state index in [-0.39, 0.29) is 5.91 Å². The molecular formula is C19H24N4O. The number of fused-ring (bicyclic) bond motifs is 1.